The van der Waals surface area contributed by atoms with Crippen LogP contribution in [0.15, 0.2) is 16.6 Å². The summed E-state index contributed by atoms with van der Waals surface area (Å²) in [5.74, 6) is 0.340. The summed E-state index contributed by atoms with van der Waals surface area (Å²) in [5.41, 5.74) is 1.89. The summed E-state index contributed by atoms with van der Waals surface area (Å²) in [5, 5.41) is 0.634. The van der Waals surface area contributed by atoms with Gasteiger partial charge in [-0.25, -0.2) is 0 Å². The highest BCUT2D eigenvalue weighted by Crippen LogP contribution is 2.29. The van der Waals surface area contributed by atoms with Crippen molar-refractivity contribution in [3.8, 4) is 5.75 Å². The third-order valence-corrected chi connectivity index (χ3v) is 3.93. The van der Waals surface area contributed by atoms with Gasteiger partial charge < -0.3 is 4.18 Å². The number of hydrogen-bond donors (Lipinski definition) is 0. The molecule has 0 amide bonds. The van der Waals surface area contributed by atoms with Crippen LogP contribution in [0.2, 0.25) is 0 Å². The zero-order valence-electron chi connectivity index (χ0n) is 8.25. The van der Waals surface area contributed by atoms with Gasteiger partial charge in [-0.3, -0.25) is 0 Å². The number of rotatable bonds is 3. The Balaban J connectivity index is 3.17. The second kappa shape index (κ2) is 4.84. The highest BCUT2D eigenvalue weighted by molar-refractivity contribution is 9.10. The summed E-state index contributed by atoms with van der Waals surface area (Å²) in [6, 6.07) is 3.37. The van der Waals surface area contributed by atoms with Gasteiger partial charge in [-0.2, -0.15) is 8.42 Å². The van der Waals surface area contributed by atoms with E-state index in [1.807, 2.05) is 6.92 Å². The van der Waals surface area contributed by atoms with Crippen LogP contribution >= 0.6 is 31.9 Å². The Morgan fingerprint density at radius 1 is 1.40 bits per heavy atom. The van der Waals surface area contributed by atoms with Gasteiger partial charge in [0.05, 0.1) is 6.26 Å². The van der Waals surface area contributed by atoms with Crippen molar-refractivity contribution in [2.45, 2.75) is 12.3 Å². The van der Waals surface area contributed by atoms with Crippen LogP contribution in [0.4, 0.5) is 0 Å². The van der Waals surface area contributed by atoms with Crippen molar-refractivity contribution in [3.05, 3.63) is 27.7 Å². The molecule has 1 rings (SSSR count). The topological polar surface area (TPSA) is 43.4 Å². The van der Waals surface area contributed by atoms with E-state index in [1.165, 1.54) is 0 Å². The van der Waals surface area contributed by atoms with Gasteiger partial charge in [0.2, 0.25) is 0 Å². The summed E-state index contributed by atoms with van der Waals surface area (Å²) < 4.78 is 27.7. The van der Waals surface area contributed by atoms with E-state index in [2.05, 4.69) is 31.9 Å². The number of aryl methyl sites for hydroxylation is 1. The molecular formula is C9H10Br2O3S. The first-order valence-corrected chi connectivity index (χ1v) is 7.81. The second-order valence-corrected chi connectivity index (χ2v) is 6.06. The smallest absolute Gasteiger partial charge is 0.306 e. The number of halogens is 2. The SMILES string of the molecule is Cc1cc(OS(C)(=O)=O)cc(CBr)c1Br. The van der Waals surface area contributed by atoms with Crippen molar-refractivity contribution in [3.63, 3.8) is 0 Å². The fourth-order valence-corrected chi connectivity index (χ4v) is 2.76. The van der Waals surface area contributed by atoms with Crippen LogP contribution in [0, 0.1) is 6.92 Å². The van der Waals surface area contributed by atoms with E-state index >= 15 is 0 Å². The molecule has 0 aliphatic rings. The molecule has 0 radical (unpaired) electrons. The molecule has 6 heteroatoms. The highest BCUT2D eigenvalue weighted by atomic mass is 79.9. The van der Waals surface area contributed by atoms with Crippen LogP contribution in [0.1, 0.15) is 11.1 Å². The van der Waals surface area contributed by atoms with E-state index in [0.717, 1.165) is 21.9 Å². The zero-order valence-corrected chi connectivity index (χ0v) is 12.2. The lowest BCUT2D eigenvalue weighted by Crippen LogP contribution is -2.06. The highest BCUT2D eigenvalue weighted by Gasteiger charge is 2.09. The van der Waals surface area contributed by atoms with E-state index in [4.69, 9.17) is 4.18 Å². The van der Waals surface area contributed by atoms with E-state index < -0.39 is 10.1 Å². The molecule has 3 nitrogen and oxygen atoms in total. The summed E-state index contributed by atoms with van der Waals surface area (Å²) in [6.07, 6.45) is 1.03. The Bertz CT molecular complexity index is 468. The molecule has 0 atom stereocenters. The van der Waals surface area contributed by atoms with Crippen LogP contribution in [-0.2, 0) is 15.4 Å². The van der Waals surface area contributed by atoms with Crippen LogP contribution in [0.5, 0.6) is 5.75 Å². The molecule has 0 aliphatic carbocycles. The molecule has 0 aromatic heterocycles. The third-order valence-electron chi connectivity index (χ3n) is 1.69. The van der Waals surface area contributed by atoms with Gasteiger partial charge >= 0.3 is 10.1 Å². The van der Waals surface area contributed by atoms with Gasteiger partial charge in [-0.15, -0.1) is 0 Å². The molecule has 0 aliphatic heterocycles. The molecule has 1 aromatic carbocycles. The maximum atomic E-state index is 11.0. The maximum absolute atomic E-state index is 11.0. The van der Waals surface area contributed by atoms with Crippen LogP contribution in [-0.4, -0.2) is 14.7 Å². The molecule has 0 bridgehead atoms. The molecule has 0 fully saturated rings. The van der Waals surface area contributed by atoms with E-state index in [0.29, 0.717) is 11.1 Å². The molecule has 0 unspecified atom stereocenters. The van der Waals surface area contributed by atoms with Crippen molar-refractivity contribution in [1.29, 1.82) is 0 Å². The monoisotopic (exact) mass is 356 g/mol. The normalized spacial score (nSPS) is 11.5. The summed E-state index contributed by atoms with van der Waals surface area (Å²) in [4.78, 5) is 0. The molecule has 0 spiro atoms. The minimum Gasteiger partial charge on any atom is -0.383 e. The summed E-state index contributed by atoms with van der Waals surface area (Å²) in [7, 11) is -3.46. The standard InChI is InChI=1S/C9H10Br2O3S/c1-6-3-8(14-15(2,12)13)4-7(5-10)9(6)11/h3-4H,5H2,1-2H3. The van der Waals surface area contributed by atoms with E-state index in [9.17, 15) is 8.42 Å². The van der Waals surface area contributed by atoms with Gasteiger partial charge in [0.1, 0.15) is 5.75 Å². The van der Waals surface area contributed by atoms with Gasteiger partial charge in [0, 0.05) is 9.80 Å². The van der Waals surface area contributed by atoms with Crippen molar-refractivity contribution in [2.75, 3.05) is 6.26 Å². The largest absolute Gasteiger partial charge is 0.383 e. The van der Waals surface area contributed by atoms with Crippen molar-refractivity contribution in [2.24, 2.45) is 0 Å². The molecule has 15 heavy (non-hydrogen) atoms. The predicted octanol–water partition coefficient (Wildman–Crippen LogP) is 2.99. The molecule has 84 valence electrons. The lowest BCUT2D eigenvalue weighted by Gasteiger charge is -2.08. The van der Waals surface area contributed by atoms with Gasteiger partial charge in [0.15, 0.2) is 0 Å². The Morgan fingerprint density at radius 2 is 2.00 bits per heavy atom. The quantitative estimate of drug-likeness (QED) is 0.617. The first kappa shape index (κ1) is 13.0. The Morgan fingerprint density at radius 3 is 2.47 bits per heavy atom. The lowest BCUT2D eigenvalue weighted by molar-refractivity contribution is 0.492. The van der Waals surface area contributed by atoms with Gasteiger partial charge in [-0.1, -0.05) is 31.9 Å². The first-order valence-electron chi connectivity index (χ1n) is 4.08. The lowest BCUT2D eigenvalue weighted by atomic mass is 10.1. The zero-order chi connectivity index (χ0) is 11.6. The van der Waals surface area contributed by atoms with Crippen molar-refractivity contribution < 1.29 is 12.6 Å². The van der Waals surface area contributed by atoms with E-state index in [1.54, 1.807) is 12.1 Å². The minimum atomic E-state index is -3.46. The Kier molecular flexibility index (Phi) is 4.20. The summed E-state index contributed by atoms with van der Waals surface area (Å²) >= 11 is 6.74. The van der Waals surface area contributed by atoms with Crippen LogP contribution in [0.3, 0.4) is 0 Å². The average Bonchev–Trinajstić information content (AvgIpc) is 2.08. The first-order chi connectivity index (χ1) is 6.83. The molecule has 0 N–H and O–H groups in total. The number of alkyl halides is 1. The fourth-order valence-electron chi connectivity index (χ4n) is 1.13. The summed E-state index contributed by atoms with van der Waals surface area (Å²) in [6.45, 7) is 1.88. The average molecular weight is 358 g/mol. The molecule has 0 saturated heterocycles. The van der Waals surface area contributed by atoms with Crippen LogP contribution in [0.25, 0.3) is 0 Å². The molecule has 1 aromatic rings. The van der Waals surface area contributed by atoms with Crippen LogP contribution < -0.4 is 4.18 Å². The fraction of sp³-hybridized carbons (Fsp3) is 0.333. The maximum Gasteiger partial charge on any atom is 0.306 e. The number of benzene rings is 1. The second-order valence-electron chi connectivity index (χ2n) is 3.13. The van der Waals surface area contributed by atoms with E-state index in [-0.39, 0.29) is 0 Å². The third kappa shape index (κ3) is 3.77. The minimum absolute atomic E-state index is 0.340. The van der Waals surface area contributed by atoms with Crippen molar-refractivity contribution >= 4 is 42.0 Å². The predicted molar refractivity (Wildman–Crippen MR) is 67.0 cm³/mol. The van der Waals surface area contributed by atoms with Crippen molar-refractivity contribution in [1.82, 2.24) is 0 Å². The molecule has 0 saturated carbocycles. The van der Waals surface area contributed by atoms with Gasteiger partial charge in [0.25, 0.3) is 0 Å². The molecule has 0 heterocycles. The van der Waals surface area contributed by atoms with Gasteiger partial charge in [-0.05, 0) is 30.2 Å². The molecular weight excluding hydrogens is 348 g/mol. The Hall–Kier alpha value is -0.0700. The Labute approximate surface area is 106 Å². The number of hydrogen-bond acceptors (Lipinski definition) is 3.